The summed E-state index contributed by atoms with van der Waals surface area (Å²) in [6.07, 6.45) is 0. The van der Waals surface area contributed by atoms with Crippen LogP contribution in [0.5, 0.6) is 0 Å². The number of benzene rings is 3. The van der Waals surface area contributed by atoms with Crippen LogP contribution < -0.4 is 0 Å². The van der Waals surface area contributed by atoms with Crippen LogP contribution in [0.25, 0.3) is 10.8 Å². The lowest BCUT2D eigenvalue weighted by Gasteiger charge is -2.34. The molecule has 0 spiro atoms. The first-order valence-corrected chi connectivity index (χ1v) is 14.2. The normalized spacial score (nSPS) is 15.4. The number of hydrogen-bond acceptors (Lipinski definition) is 4. The Labute approximate surface area is 219 Å². The molecule has 0 saturated carbocycles. The van der Waals surface area contributed by atoms with Crippen molar-refractivity contribution in [3.05, 3.63) is 76.8 Å². The molecule has 0 aliphatic carbocycles. The van der Waals surface area contributed by atoms with Gasteiger partial charge in [0.1, 0.15) is 0 Å². The molecule has 1 aliphatic rings. The summed E-state index contributed by atoms with van der Waals surface area (Å²) in [7, 11) is -3.66. The highest BCUT2D eigenvalue weighted by atomic mass is 35.5. The Kier molecular flexibility index (Phi) is 8.05. The molecule has 6 nitrogen and oxygen atoms in total. The van der Waals surface area contributed by atoms with E-state index in [1.807, 2.05) is 30.3 Å². The van der Waals surface area contributed by atoms with Crippen LogP contribution in [0.15, 0.2) is 65.6 Å². The van der Waals surface area contributed by atoms with Gasteiger partial charge in [-0.2, -0.15) is 4.31 Å². The molecule has 1 fully saturated rings. The summed E-state index contributed by atoms with van der Waals surface area (Å²) in [5.41, 5.74) is 1.80. The third-order valence-corrected chi connectivity index (χ3v) is 8.96. The number of sulfonamides is 1. The van der Waals surface area contributed by atoms with Crippen LogP contribution >= 0.6 is 11.6 Å². The number of carbonyl (C=O) groups is 1. The van der Waals surface area contributed by atoms with Crippen LogP contribution in [0.1, 0.15) is 43.6 Å². The second-order valence-corrected chi connectivity index (χ2v) is 12.3. The summed E-state index contributed by atoms with van der Waals surface area (Å²) in [6, 6.07) is 19.2. The first-order chi connectivity index (χ1) is 17.1. The SMILES string of the molecule is CC(C)N(Cc1ccc(C(=O)N2CCN(S(=O)(=O)c3ccc4ccc(Cl)cc4c3)CC2)cc1)C(C)C. The predicted octanol–water partition coefficient (Wildman–Crippen LogP) is 5.26. The summed E-state index contributed by atoms with van der Waals surface area (Å²) in [5, 5.41) is 2.28. The number of fused-ring (bicyclic) bond motifs is 1. The predicted molar refractivity (Wildman–Crippen MR) is 146 cm³/mol. The number of piperazine rings is 1. The molecular weight excluding hydrogens is 494 g/mol. The van der Waals surface area contributed by atoms with Crippen LogP contribution in [-0.4, -0.2) is 66.7 Å². The molecule has 1 saturated heterocycles. The van der Waals surface area contributed by atoms with E-state index in [4.69, 9.17) is 11.6 Å². The molecule has 3 aromatic carbocycles. The molecule has 0 atom stereocenters. The Morgan fingerprint density at radius 2 is 1.47 bits per heavy atom. The van der Waals surface area contributed by atoms with Gasteiger partial charge in [-0.1, -0.05) is 35.9 Å². The molecule has 0 unspecified atom stereocenters. The van der Waals surface area contributed by atoms with E-state index >= 15 is 0 Å². The van der Waals surface area contributed by atoms with Crippen molar-refractivity contribution in [1.82, 2.24) is 14.1 Å². The van der Waals surface area contributed by atoms with Gasteiger partial charge in [0, 0.05) is 55.4 Å². The molecule has 36 heavy (non-hydrogen) atoms. The summed E-state index contributed by atoms with van der Waals surface area (Å²) in [4.78, 5) is 17.5. The molecule has 0 bridgehead atoms. The van der Waals surface area contributed by atoms with Crippen LogP contribution in [0, 0.1) is 0 Å². The Balaban J connectivity index is 1.40. The van der Waals surface area contributed by atoms with Crippen LogP contribution in [-0.2, 0) is 16.6 Å². The topological polar surface area (TPSA) is 60.9 Å². The largest absolute Gasteiger partial charge is 0.336 e. The Morgan fingerprint density at radius 1 is 0.861 bits per heavy atom. The minimum absolute atomic E-state index is 0.0662. The van der Waals surface area contributed by atoms with Crippen molar-refractivity contribution in [3.8, 4) is 0 Å². The molecule has 4 rings (SSSR count). The minimum atomic E-state index is -3.66. The van der Waals surface area contributed by atoms with Gasteiger partial charge in [0.25, 0.3) is 5.91 Å². The lowest BCUT2D eigenvalue weighted by atomic mass is 10.1. The maximum Gasteiger partial charge on any atom is 0.253 e. The molecule has 1 aliphatic heterocycles. The van der Waals surface area contributed by atoms with E-state index in [0.29, 0.717) is 35.8 Å². The zero-order valence-electron chi connectivity index (χ0n) is 21.3. The van der Waals surface area contributed by atoms with Crippen LogP contribution in [0.2, 0.25) is 5.02 Å². The molecular formula is C28H34ClN3O3S. The molecule has 0 aromatic heterocycles. The molecule has 0 radical (unpaired) electrons. The van der Waals surface area contributed by atoms with Gasteiger partial charge in [-0.05, 0) is 80.4 Å². The van der Waals surface area contributed by atoms with Crippen molar-refractivity contribution in [2.45, 2.75) is 51.2 Å². The van der Waals surface area contributed by atoms with Crippen molar-refractivity contribution in [3.63, 3.8) is 0 Å². The Bertz CT molecular complexity index is 1320. The van der Waals surface area contributed by atoms with E-state index in [0.717, 1.165) is 17.3 Å². The van der Waals surface area contributed by atoms with E-state index in [-0.39, 0.29) is 23.9 Å². The van der Waals surface area contributed by atoms with Crippen LogP contribution in [0.4, 0.5) is 0 Å². The van der Waals surface area contributed by atoms with Gasteiger partial charge in [-0.3, -0.25) is 9.69 Å². The molecule has 3 aromatic rings. The second kappa shape index (κ2) is 10.9. The third kappa shape index (κ3) is 5.75. The van der Waals surface area contributed by atoms with Gasteiger partial charge in [-0.15, -0.1) is 0 Å². The zero-order valence-corrected chi connectivity index (χ0v) is 22.9. The Morgan fingerprint density at radius 3 is 2.08 bits per heavy atom. The highest BCUT2D eigenvalue weighted by Crippen LogP contribution is 2.25. The van der Waals surface area contributed by atoms with Crippen molar-refractivity contribution in [1.29, 1.82) is 0 Å². The van der Waals surface area contributed by atoms with Gasteiger partial charge in [0.05, 0.1) is 4.90 Å². The van der Waals surface area contributed by atoms with Gasteiger partial charge in [0.2, 0.25) is 10.0 Å². The van der Waals surface area contributed by atoms with E-state index in [1.54, 1.807) is 35.2 Å². The van der Waals surface area contributed by atoms with E-state index in [9.17, 15) is 13.2 Å². The van der Waals surface area contributed by atoms with Crippen molar-refractivity contribution in [2.75, 3.05) is 26.2 Å². The number of carbonyl (C=O) groups excluding carboxylic acids is 1. The number of hydrogen-bond donors (Lipinski definition) is 0. The zero-order chi connectivity index (χ0) is 26.0. The monoisotopic (exact) mass is 527 g/mol. The van der Waals surface area contributed by atoms with Gasteiger partial charge in [-0.25, -0.2) is 8.42 Å². The van der Waals surface area contributed by atoms with Crippen molar-refractivity contribution < 1.29 is 13.2 Å². The molecule has 1 amide bonds. The van der Waals surface area contributed by atoms with Crippen LogP contribution in [0.3, 0.4) is 0 Å². The third-order valence-electron chi connectivity index (χ3n) is 6.83. The lowest BCUT2D eigenvalue weighted by Crippen LogP contribution is -2.50. The lowest BCUT2D eigenvalue weighted by molar-refractivity contribution is 0.0698. The standard InChI is InChI=1S/C28H34ClN3O3S/c1-20(2)32(21(3)4)19-22-5-7-24(8-6-22)28(33)30-13-15-31(16-14-30)36(34,35)27-12-10-23-9-11-26(29)17-25(23)18-27/h5-12,17-18,20-21H,13-16,19H2,1-4H3. The number of amides is 1. The first kappa shape index (κ1) is 26.6. The summed E-state index contributed by atoms with van der Waals surface area (Å²) >= 11 is 6.09. The molecule has 0 N–H and O–H groups in total. The highest BCUT2D eigenvalue weighted by molar-refractivity contribution is 7.89. The number of nitrogens with zero attached hydrogens (tertiary/aromatic N) is 3. The number of halogens is 1. The first-order valence-electron chi connectivity index (χ1n) is 12.4. The Hall–Kier alpha value is -2.45. The maximum atomic E-state index is 13.3. The number of rotatable bonds is 7. The van der Waals surface area contributed by atoms with E-state index < -0.39 is 10.0 Å². The minimum Gasteiger partial charge on any atom is -0.336 e. The quantitative estimate of drug-likeness (QED) is 0.420. The average molecular weight is 528 g/mol. The second-order valence-electron chi connectivity index (χ2n) is 9.91. The fourth-order valence-electron chi connectivity index (χ4n) is 4.74. The average Bonchev–Trinajstić information content (AvgIpc) is 2.86. The van der Waals surface area contributed by atoms with Crippen molar-refractivity contribution in [2.24, 2.45) is 0 Å². The molecule has 192 valence electrons. The van der Waals surface area contributed by atoms with Gasteiger partial charge < -0.3 is 4.90 Å². The van der Waals surface area contributed by atoms with Gasteiger partial charge >= 0.3 is 0 Å². The van der Waals surface area contributed by atoms with Crippen molar-refractivity contribution >= 4 is 38.3 Å². The molecule has 1 heterocycles. The fraction of sp³-hybridized carbons (Fsp3) is 0.393. The summed E-state index contributed by atoms with van der Waals surface area (Å²) < 4.78 is 28.0. The van der Waals surface area contributed by atoms with Gasteiger partial charge in [0.15, 0.2) is 0 Å². The van der Waals surface area contributed by atoms with E-state index in [2.05, 4.69) is 32.6 Å². The fourth-order valence-corrected chi connectivity index (χ4v) is 6.38. The maximum absolute atomic E-state index is 13.3. The highest BCUT2D eigenvalue weighted by Gasteiger charge is 2.30. The van der Waals surface area contributed by atoms with E-state index in [1.165, 1.54) is 9.87 Å². The molecule has 8 heteroatoms. The summed E-state index contributed by atoms with van der Waals surface area (Å²) in [5.74, 6) is -0.0662. The summed E-state index contributed by atoms with van der Waals surface area (Å²) in [6.45, 7) is 10.8. The smallest absolute Gasteiger partial charge is 0.253 e.